The molecular formula is C16H15F2N. The lowest BCUT2D eigenvalue weighted by atomic mass is 10.0. The number of nitrogens with zero attached hydrogens (tertiary/aromatic N) is 1. The van der Waals surface area contributed by atoms with Gasteiger partial charge in [-0.3, -0.25) is 0 Å². The highest BCUT2D eigenvalue weighted by molar-refractivity contribution is 5.74. The van der Waals surface area contributed by atoms with Crippen molar-refractivity contribution in [1.29, 1.82) is 0 Å². The molecule has 0 spiro atoms. The van der Waals surface area contributed by atoms with Crippen LogP contribution in [0.15, 0.2) is 66.3 Å². The van der Waals surface area contributed by atoms with Crippen molar-refractivity contribution in [1.82, 2.24) is 4.90 Å². The highest BCUT2D eigenvalue weighted by Crippen LogP contribution is 2.28. The summed E-state index contributed by atoms with van der Waals surface area (Å²) in [5.41, 5.74) is 2.11. The maximum absolute atomic E-state index is 13.8. The van der Waals surface area contributed by atoms with Crippen LogP contribution in [-0.2, 0) is 0 Å². The number of rotatable bonds is 2. The maximum atomic E-state index is 13.8. The lowest BCUT2D eigenvalue weighted by Crippen LogP contribution is -2.18. The molecule has 19 heavy (non-hydrogen) atoms. The van der Waals surface area contributed by atoms with Crippen LogP contribution in [0.1, 0.15) is 12.5 Å². The predicted molar refractivity (Wildman–Crippen MR) is 74.2 cm³/mol. The van der Waals surface area contributed by atoms with E-state index < -0.39 is 0 Å². The van der Waals surface area contributed by atoms with Gasteiger partial charge in [0.05, 0.1) is 5.70 Å². The van der Waals surface area contributed by atoms with Crippen LogP contribution < -0.4 is 0 Å². The molecule has 1 aromatic carbocycles. The summed E-state index contributed by atoms with van der Waals surface area (Å²) in [5, 5.41) is 0. The molecule has 0 bridgehead atoms. The Balaban J connectivity index is 2.37. The highest BCUT2D eigenvalue weighted by atomic mass is 19.1. The summed E-state index contributed by atoms with van der Waals surface area (Å²) in [7, 11) is 1.76. The zero-order valence-corrected chi connectivity index (χ0v) is 11.0. The van der Waals surface area contributed by atoms with Gasteiger partial charge in [0.15, 0.2) is 0 Å². The van der Waals surface area contributed by atoms with Gasteiger partial charge in [0, 0.05) is 18.3 Å². The number of allylic oxidation sites excluding steroid dienone is 6. The van der Waals surface area contributed by atoms with Crippen molar-refractivity contribution in [2.45, 2.75) is 6.92 Å². The molecule has 0 fully saturated rings. The number of likely N-dealkylation sites (N-methyl/N-ethyl adjacent to an activating group) is 1. The zero-order valence-electron chi connectivity index (χ0n) is 11.0. The number of benzene rings is 1. The minimum atomic E-state index is -0.362. The fourth-order valence-corrected chi connectivity index (χ4v) is 1.87. The average molecular weight is 259 g/mol. The quantitative estimate of drug-likeness (QED) is 0.759. The largest absolute Gasteiger partial charge is 0.346 e. The van der Waals surface area contributed by atoms with E-state index in [4.69, 9.17) is 0 Å². The molecule has 0 radical (unpaired) electrons. The zero-order chi connectivity index (χ0) is 14.0. The molecule has 0 saturated carbocycles. The third kappa shape index (κ3) is 2.65. The molecule has 1 heterocycles. The van der Waals surface area contributed by atoms with Crippen LogP contribution in [0.3, 0.4) is 0 Å². The smallest absolute Gasteiger partial charge is 0.146 e. The molecule has 2 rings (SSSR count). The van der Waals surface area contributed by atoms with Crippen LogP contribution in [-0.4, -0.2) is 11.9 Å². The third-order valence-corrected chi connectivity index (χ3v) is 3.14. The Hall–Kier alpha value is -2.16. The van der Waals surface area contributed by atoms with E-state index in [0.29, 0.717) is 16.8 Å². The van der Waals surface area contributed by atoms with E-state index in [1.165, 1.54) is 12.1 Å². The van der Waals surface area contributed by atoms with E-state index in [2.05, 4.69) is 6.58 Å². The fourth-order valence-electron chi connectivity index (χ4n) is 1.87. The lowest BCUT2D eigenvalue weighted by Gasteiger charge is -2.25. The fraction of sp³-hybridized carbons (Fsp3) is 0.125. The van der Waals surface area contributed by atoms with Gasteiger partial charge in [-0.2, -0.15) is 0 Å². The molecule has 1 aromatic rings. The van der Waals surface area contributed by atoms with Crippen molar-refractivity contribution in [2.75, 3.05) is 7.05 Å². The van der Waals surface area contributed by atoms with Gasteiger partial charge in [-0.15, -0.1) is 0 Å². The van der Waals surface area contributed by atoms with E-state index in [9.17, 15) is 8.78 Å². The number of hydrogen-bond donors (Lipinski definition) is 0. The molecule has 0 atom stereocenters. The second kappa shape index (κ2) is 5.22. The van der Waals surface area contributed by atoms with Crippen LogP contribution in [0, 0.1) is 5.82 Å². The second-order valence-corrected chi connectivity index (χ2v) is 4.42. The van der Waals surface area contributed by atoms with E-state index in [0.717, 1.165) is 5.70 Å². The molecule has 1 aliphatic rings. The van der Waals surface area contributed by atoms with Crippen LogP contribution in [0.2, 0.25) is 0 Å². The van der Waals surface area contributed by atoms with Gasteiger partial charge in [0.25, 0.3) is 0 Å². The van der Waals surface area contributed by atoms with Crippen molar-refractivity contribution in [2.24, 2.45) is 0 Å². The summed E-state index contributed by atoms with van der Waals surface area (Å²) in [4.78, 5) is 1.71. The minimum Gasteiger partial charge on any atom is -0.346 e. The molecule has 0 saturated heterocycles. The first-order valence-electron chi connectivity index (χ1n) is 5.94. The molecule has 0 N–H and O–H groups in total. The standard InChI is InChI=1S/C16H15F2N/c1-11(13-6-4-5-7-14(13)17)10-16-15(18)9-8-12(2)19(16)3/h4-10H,1H2,2-3H3/b16-10-. The molecule has 1 nitrogen and oxygen atoms in total. The molecule has 3 heteroatoms. The Morgan fingerprint density at radius 3 is 2.58 bits per heavy atom. The van der Waals surface area contributed by atoms with Crippen LogP contribution in [0.5, 0.6) is 0 Å². The summed E-state index contributed by atoms with van der Waals surface area (Å²) in [6, 6.07) is 6.33. The normalized spacial score (nSPS) is 17.3. The molecule has 0 amide bonds. The Morgan fingerprint density at radius 2 is 1.89 bits per heavy atom. The number of halogens is 2. The molecule has 0 aromatic heterocycles. The lowest BCUT2D eigenvalue weighted by molar-refractivity contribution is 0.475. The van der Waals surface area contributed by atoms with E-state index >= 15 is 0 Å². The van der Waals surface area contributed by atoms with E-state index in [1.807, 2.05) is 6.92 Å². The molecule has 0 aliphatic carbocycles. The monoisotopic (exact) mass is 259 g/mol. The predicted octanol–water partition coefficient (Wildman–Crippen LogP) is 4.43. The minimum absolute atomic E-state index is 0.356. The summed E-state index contributed by atoms with van der Waals surface area (Å²) in [5.74, 6) is -0.718. The highest BCUT2D eigenvalue weighted by Gasteiger charge is 2.16. The van der Waals surface area contributed by atoms with Gasteiger partial charge in [-0.1, -0.05) is 24.8 Å². The second-order valence-electron chi connectivity index (χ2n) is 4.42. The molecule has 98 valence electrons. The van der Waals surface area contributed by atoms with E-state index in [-0.39, 0.29) is 11.6 Å². The first-order valence-corrected chi connectivity index (χ1v) is 5.94. The van der Waals surface area contributed by atoms with Crippen molar-refractivity contribution in [3.63, 3.8) is 0 Å². The van der Waals surface area contributed by atoms with Crippen LogP contribution in [0.4, 0.5) is 8.78 Å². The Labute approximate surface area is 111 Å². The van der Waals surface area contributed by atoms with Crippen molar-refractivity contribution >= 4 is 5.57 Å². The molecule has 1 aliphatic heterocycles. The average Bonchev–Trinajstić information content (AvgIpc) is 2.39. The van der Waals surface area contributed by atoms with E-state index in [1.54, 1.807) is 42.3 Å². The SMILES string of the molecule is C=C(/C=C1/C(F)=CC=C(C)N1C)c1ccccc1F. The van der Waals surface area contributed by atoms with Crippen molar-refractivity contribution in [3.8, 4) is 0 Å². The summed E-state index contributed by atoms with van der Waals surface area (Å²) in [6.07, 6.45) is 4.65. The van der Waals surface area contributed by atoms with Gasteiger partial charge in [0.1, 0.15) is 11.6 Å². The van der Waals surface area contributed by atoms with Gasteiger partial charge in [-0.25, -0.2) is 8.78 Å². The van der Waals surface area contributed by atoms with Gasteiger partial charge in [0.2, 0.25) is 0 Å². The first kappa shape index (κ1) is 13.3. The van der Waals surface area contributed by atoms with Crippen molar-refractivity contribution < 1.29 is 8.78 Å². The Morgan fingerprint density at radius 1 is 1.21 bits per heavy atom. The third-order valence-electron chi connectivity index (χ3n) is 3.14. The maximum Gasteiger partial charge on any atom is 0.146 e. The van der Waals surface area contributed by atoms with Gasteiger partial charge >= 0.3 is 0 Å². The Kier molecular flexibility index (Phi) is 3.65. The Bertz CT molecular complexity index is 609. The topological polar surface area (TPSA) is 3.24 Å². The van der Waals surface area contributed by atoms with Gasteiger partial charge < -0.3 is 4.90 Å². The van der Waals surface area contributed by atoms with Crippen LogP contribution in [0.25, 0.3) is 5.57 Å². The van der Waals surface area contributed by atoms with Crippen LogP contribution >= 0.6 is 0 Å². The van der Waals surface area contributed by atoms with Crippen molar-refractivity contribution in [3.05, 3.63) is 77.7 Å². The first-order chi connectivity index (χ1) is 9.00. The summed E-state index contributed by atoms with van der Waals surface area (Å²) < 4.78 is 27.5. The molecular weight excluding hydrogens is 244 g/mol. The summed E-state index contributed by atoms with van der Waals surface area (Å²) in [6.45, 7) is 5.70. The number of hydrogen-bond acceptors (Lipinski definition) is 1. The van der Waals surface area contributed by atoms with Gasteiger partial charge in [-0.05, 0) is 36.8 Å². The molecule has 0 unspecified atom stereocenters. The summed E-state index contributed by atoms with van der Waals surface area (Å²) >= 11 is 0.